The van der Waals surface area contributed by atoms with E-state index in [1.807, 2.05) is 12.1 Å². The van der Waals surface area contributed by atoms with Gasteiger partial charge in [0.2, 0.25) is 5.95 Å². The summed E-state index contributed by atoms with van der Waals surface area (Å²) in [5.41, 5.74) is -0.0914. The fourth-order valence-electron chi connectivity index (χ4n) is 4.14. The molecule has 3 N–H and O–H groups in total. The molecule has 1 aliphatic heterocycles. The normalized spacial score (nSPS) is 17.3. The highest BCUT2D eigenvalue weighted by Crippen LogP contribution is 2.28. The number of aromatic nitrogens is 3. The number of hydrogen-bond acceptors (Lipinski definition) is 9. The number of nitrogens with zero attached hydrogens (tertiary/aromatic N) is 4. The smallest absolute Gasteiger partial charge is 0.254 e. The maximum Gasteiger partial charge on any atom is 0.254 e. The van der Waals surface area contributed by atoms with Crippen LogP contribution >= 0.6 is 0 Å². The third kappa shape index (κ3) is 6.02. The Balaban J connectivity index is 1.40. The summed E-state index contributed by atoms with van der Waals surface area (Å²) in [6, 6.07) is 5.60. The van der Waals surface area contributed by atoms with Gasteiger partial charge in [-0.1, -0.05) is 0 Å². The molecule has 2 atom stereocenters. The molecule has 12 heteroatoms. The van der Waals surface area contributed by atoms with Crippen molar-refractivity contribution in [3.63, 3.8) is 0 Å². The van der Waals surface area contributed by atoms with Crippen LogP contribution in [-0.2, 0) is 6.61 Å². The summed E-state index contributed by atoms with van der Waals surface area (Å²) in [5, 5.41) is 8.87. The molecule has 196 valence electrons. The number of carbonyl (C=O) groups excluding carboxylic acids is 1. The third-order valence-electron chi connectivity index (χ3n) is 5.85. The molecule has 1 saturated heterocycles. The van der Waals surface area contributed by atoms with Crippen LogP contribution in [0.3, 0.4) is 0 Å². The standard InChI is InChI=1S/C25H29F2N7O3/c1-14-11-34(12-15(2)32-14)21-6-5-16(8-29-21)33-25-30-9-17(10-31-25)37-13-19-22(26)18(24(35)28-3)7-20(36-4)23(19)27/h5-10,14-15,32H,11-13H2,1-4H3,(H,28,35)(H,30,31,33)/t14-,15+. The van der Waals surface area contributed by atoms with Crippen molar-refractivity contribution >= 4 is 23.4 Å². The number of piperazine rings is 1. The maximum absolute atomic E-state index is 14.8. The molecule has 3 aromatic rings. The quantitative estimate of drug-likeness (QED) is 0.418. The fraction of sp³-hybridized carbons (Fsp3) is 0.360. The van der Waals surface area contributed by atoms with Gasteiger partial charge < -0.3 is 30.3 Å². The second-order valence-electron chi connectivity index (χ2n) is 8.75. The van der Waals surface area contributed by atoms with Gasteiger partial charge in [0.05, 0.1) is 42.5 Å². The number of pyridine rings is 1. The molecule has 0 unspecified atom stereocenters. The van der Waals surface area contributed by atoms with Crippen molar-refractivity contribution in [2.45, 2.75) is 32.5 Å². The van der Waals surface area contributed by atoms with Crippen LogP contribution in [0.15, 0.2) is 36.8 Å². The lowest BCUT2D eigenvalue weighted by Crippen LogP contribution is -2.54. The van der Waals surface area contributed by atoms with Gasteiger partial charge in [0.15, 0.2) is 17.3 Å². The lowest BCUT2D eigenvalue weighted by atomic mass is 10.1. The van der Waals surface area contributed by atoms with E-state index in [1.165, 1.54) is 26.6 Å². The Labute approximate surface area is 213 Å². The average Bonchev–Trinajstić information content (AvgIpc) is 2.89. The van der Waals surface area contributed by atoms with Crippen molar-refractivity contribution < 1.29 is 23.0 Å². The molecule has 1 aromatic carbocycles. The summed E-state index contributed by atoms with van der Waals surface area (Å²) in [5.74, 6) is -1.58. The van der Waals surface area contributed by atoms with Gasteiger partial charge in [-0.2, -0.15) is 0 Å². The molecule has 0 radical (unpaired) electrons. The molecular formula is C25H29F2N7O3. The monoisotopic (exact) mass is 513 g/mol. The van der Waals surface area contributed by atoms with Gasteiger partial charge in [-0.25, -0.2) is 23.7 Å². The fourth-order valence-corrected chi connectivity index (χ4v) is 4.14. The van der Waals surface area contributed by atoms with Crippen LogP contribution in [0.25, 0.3) is 0 Å². The van der Waals surface area contributed by atoms with Crippen LogP contribution < -0.4 is 30.3 Å². The highest BCUT2D eigenvalue weighted by molar-refractivity contribution is 5.95. The van der Waals surface area contributed by atoms with E-state index in [0.717, 1.165) is 25.0 Å². The second-order valence-corrected chi connectivity index (χ2v) is 8.75. The van der Waals surface area contributed by atoms with Gasteiger partial charge in [-0.05, 0) is 32.0 Å². The van der Waals surface area contributed by atoms with Crippen molar-refractivity contribution in [1.82, 2.24) is 25.6 Å². The van der Waals surface area contributed by atoms with Crippen molar-refractivity contribution in [2.75, 3.05) is 37.5 Å². The molecule has 1 amide bonds. The maximum atomic E-state index is 14.8. The van der Waals surface area contributed by atoms with Crippen LogP contribution in [0.2, 0.25) is 0 Å². The Hall–Kier alpha value is -4.06. The van der Waals surface area contributed by atoms with Crippen molar-refractivity contribution in [1.29, 1.82) is 0 Å². The number of ether oxygens (including phenoxy) is 2. The van der Waals surface area contributed by atoms with Crippen molar-refractivity contribution in [2.24, 2.45) is 0 Å². The van der Waals surface area contributed by atoms with E-state index < -0.39 is 29.7 Å². The summed E-state index contributed by atoms with van der Waals surface area (Å²) in [6.07, 6.45) is 4.45. The molecule has 0 saturated carbocycles. The van der Waals surface area contributed by atoms with Gasteiger partial charge in [-0.3, -0.25) is 4.79 Å². The molecule has 1 aliphatic rings. The first-order valence-electron chi connectivity index (χ1n) is 11.7. The number of methoxy groups -OCH3 is 1. The van der Waals surface area contributed by atoms with Crippen LogP contribution in [0.5, 0.6) is 11.5 Å². The van der Waals surface area contributed by atoms with Crippen LogP contribution in [0, 0.1) is 11.6 Å². The van der Waals surface area contributed by atoms with E-state index in [-0.39, 0.29) is 17.1 Å². The third-order valence-corrected chi connectivity index (χ3v) is 5.85. The molecule has 0 aliphatic carbocycles. The second kappa shape index (κ2) is 11.3. The van der Waals surface area contributed by atoms with E-state index in [4.69, 9.17) is 9.47 Å². The Kier molecular flexibility index (Phi) is 7.97. The minimum Gasteiger partial charge on any atom is -0.494 e. The number of amides is 1. The van der Waals surface area contributed by atoms with E-state index in [2.05, 4.69) is 49.6 Å². The topological polar surface area (TPSA) is 114 Å². The van der Waals surface area contributed by atoms with E-state index in [1.54, 1.807) is 6.20 Å². The predicted molar refractivity (Wildman–Crippen MR) is 134 cm³/mol. The number of hydrogen-bond donors (Lipinski definition) is 3. The molecule has 10 nitrogen and oxygen atoms in total. The predicted octanol–water partition coefficient (Wildman–Crippen LogP) is 3.03. The van der Waals surface area contributed by atoms with Crippen LogP contribution in [-0.4, -0.2) is 60.2 Å². The zero-order valence-electron chi connectivity index (χ0n) is 21.0. The molecule has 1 fully saturated rings. The van der Waals surface area contributed by atoms with Gasteiger partial charge in [0.25, 0.3) is 5.91 Å². The number of anilines is 3. The van der Waals surface area contributed by atoms with E-state index >= 15 is 0 Å². The first-order valence-corrected chi connectivity index (χ1v) is 11.7. The highest BCUT2D eigenvalue weighted by Gasteiger charge is 2.24. The number of benzene rings is 1. The number of nitrogens with one attached hydrogen (secondary N) is 3. The zero-order valence-corrected chi connectivity index (χ0v) is 21.0. The number of carbonyl (C=O) groups is 1. The molecule has 4 rings (SSSR count). The van der Waals surface area contributed by atoms with Crippen LogP contribution in [0.1, 0.15) is 29.8 Å². The van der Waals surface area contributed by atoms with Gasteiger partial charge >= 0.3 is 0 Å². The van der Waals surface area contributed by atoms with Crippen LogP contribution in [0.4, 0.5) is 26.2 Å². The Morgan fingerprint density at radius 1 is 1.11 bits per heavy atom. The first-order chi connectivity index (χ1) is 17.8. The Morgan fingerprint density at radius 2 is 1.81 bits per heavy atom. The molecule has 2 aromatic heterocycles. The number of rotatable bonds is 8. The van der Waals surface area contributed by atoms with Crippen molar-refractivity contribution in [3.8, 4) is 11.5 Å². The zero-order chi connectivity index (χ0) is 26.5. The summed E-state index contributed by atoms with van der Waals surface area (Å²) in [7, 11) is 2.57. The summed E-state index contributed by atoms with van der Waals surface area (Å²) in [4.78, 5) is 27.1. The Bertz CT molecular complexity index is 1230. The molecule has 37 heavy (non-hydrogen) atoms. The summed E-state index contributed by atoms with van der Waals surface area (Å²) in [6.45, 7) is 5.56. The first kappa shape index (κ1) is 26.0. The van der Waals surface area contributed by atoms with E-state index in [9.17, 15) is 13.6 Å². The number of halogens is 2. The van der Waals surface area contributed by atoms with E-state index in [0.29, 0.717) is 23.7 Å². The van der Waals surface area contributed by atoms with Crippen molar-refractivity contribution in [3.05, 3.63) is 59.6 Å². The molecular weight excluding hydrogens is 484 g/mol. The Morgan fingerprint density at radius 3 is 2.41 bits per heavy atom. The van der Waals surface area contributed by atoms with Gasteiger partial charge in [0, 0.05) is 32.2 Å². The molecule has 0 bridgehead atoms. The summed E-state index contributed by atoms with van der Waals surface area (Å²) < 4.78 is 39.9. The van der Waals surface area contributed by atoms with Gasteiger partial charge in [0.1, 0.15) is 18.2 Å². The minimum atomic E-state index is -1.03. The summed E-state index contributed by atoms with van der Waals surface area (Å²) >= 11 is 0. The van der Waals surface area contributed by atoms with Gasteiger partial charge in [-0.15, -0.1) is 0 Å². The molecule has 3 heterocycles. The average molecular weight is 514 g/mol. The lowest BCUT2D eigenvalue weighted by molar-refractivity contribution is 0.0958. The largest absolute Gasteiger partial charge is 0.494 e. The minimum absolute atomic E-state index is 0.184. The highest BCUT2D eigenvalue weighted by atomic mass is 19.1. The lowest BCUT2D eigenvalue weighted by Gasteiger charge is -2.36. The molecule has 0 spiro atoms. The SMILES string of the molecule is CNC(=O)c1cc(OC)c(F)c(COc2cnc(Nc3ccc(N4C[C@@H](C)N[C@@H](C)C4)nc3)nc2)c1F.